The molecule has 0 unspecified atom stereocenters. The van der Waals surface area contributed by atoms with Gasteiger partial charge in [-0.1, -0.05) is 29.8 Å². The number of aryl methyl sites for hydroxylation is 1. The van der Waals surface area contributed by atoms with Gasteiger partial charge in [0.25, 0.3) is 5.91 Å². The summed E-state index contributed by atoms with van der Waals surface area (Å²) in [4.78, 5) is 14.4. The minimum atomic E-state index is -0.183. The first kappa shape index (κ1) is 14.6. The predicted octanol–water partition coefficient (Wildman–Crippen LogP) is 3.14. The van der Waals surface area contributed by atoms with Crippen molar-refractivity contribution in [3.63, 3.8) is 0 Å². The smallest absolute Gasteiger partial charge is 0.260 e. The number of nitrogen functional groups attached to an aromatic ring is 1. The molecule has 0 radical (unpaired) electrons. The Morgan fingerprint density at radius 3 is 2.62 bits per heavy atom. The molecule has 2 rings (SSSR count). The average molecular weight is 279 g/mol. The lowest BCUT2D eigenvalue weighted by Crippen LogP contribution is -2.32. The first-order chi connectivity index (χ1) is 10.1. The summed E-state index contributed by atoms with van der Waals surface area (Å²) in [6.07, 6.45) is 0.270. The number of hydrogen-bond acceptors (Lipinski definition) is 3. The lowest BCUT2D eigenvalue weighted by atomic mass is 10.1. The van der Waals surface area contributed by atoms with Crippen LogP contribution in [0.4, 0.5) is 11.4 Å². The third-order valence-corrected chi connectivity index (χ3v) is 3.20. The van der Waals surface area contributed by atoms with Gasteiger partial charge < -0.3 is 10.6 Å². The maximum atomic E-state index is 12.8. The van der Waals surface area contributed by atoms with Gasteiger partial charge in [-0.3, -0.25) is 4.79 Å². The number of benzene rings is 2. The zero-order chi connectivity index (χ0) is 15.2. The van der Waals surface area contributed by atoms with Crippen molar-refractivity contribution < 1.29 is 4.79 Å². The van der Waals surface area contributed by atoms with Crippen LogP contribution in [0.1, 0.15) is 22.3 Å². The number of hydrogen-bond donors (Lipinski definition) is 1. The Balaban J connectivity index is 2.39. The highest BCUT2D eigenvalue weighted by atomic mass is 16.2. The van der Waals surface area contributed by atoms with E-state index in [0.29, 0.717) is 17.8 Å². The van der Waals surface area contributed by atoms with Crippen LogP contribution < -0.4 is 10.6 Å². The van der Waals surface area contributed by atoms with E-state index in [4.69, 9.17) is 11.0 Å². The number of nitriles is 1. The van der Waals surface area contributed by atoms with Crippen LogP contribution in [-0.4, -0.2) is 12.5 Å². The summed E-state index contributed by atoms with van der Waals surface area (Å²) in [5, 5.41) is 8.80. The largest absolute Gasteiger partial charge is 0.398 e. The van der Waals surface area contributed by atoms with E-state index in [9.17, 15) is 4.79 Å². The number of rotatable bonds is 4. The molecule has 0 aliphatic carbocycles. The molecule has 106 valence electrons. The maximum Gasteiger partial charge on any atom is 0.260 e. The lowest BCUT2D eigenvalue weighted by Gasteiger charge is -2.22. The molecule has 0 aliphatic rings. The van der Waals surface area contributed by atoms with Crippen molar-refractivity contribution in [3.05, 3.63) is 59.7 Å². The maximum absolute atomic E-state index is 12.8. The van der Waals surface area contributed by atoms with Crippen LogP contribution in [0, 0.1) is 18.3 Å². The minimum absolute atomic E-state index is 0.183. The van der Waals surface area contributed by atoms with Crippen LogP contribution in [0.2, 0.25) is 0 Å². The third kappa shape index (κ3) is 3.40. The Kier molecular flexibility index (Phi) is 4.57. The summed E-state index contributed by atoms with van der Waals surface area (Å²) >= 11 is 0. The zero-order valence-electron chi connectivity index (χ0n) is 11.9. The molecular formula is C17H17N3O. The molecule has 4 heteroatoms. The summed E-state index contributed by atoms with van der Waals surface area (Å²) in [5.41, 5.74) is 8.57. The predicted molar refractivity (Wildman–Crippen MR) is 83.9 cm³/mol. The lowest BCUT2D eigenvalue weighted by molar-refractivity contribution is 0.0988. The van der Waals surface area contributed by atoms with E-state index < -0.39 is 0 Å². The Bertz CT molecular complexity index is 674. The molecule has 4 nitrogen and oxygen atoms in total. The molecule has 0 spiro atoms. The Labute approximate surface area is 124 Å². The van der Waals surface area contributed by atoms with Crippen molar-refractivity contribution in [2.45, 2.75) is 13.3 Å². The standard InChI is InChI=1S/C17H17N3O/c1-13-8-9-16(19)15(12-13)17(21)20(11-5-10-18)14-6-3-2-4-7-14/h2-4,6-9,12H,5,11,19H2,1H3. The third-order valence-electron chi connectivity index (χ3n) is 3.20. The van der Waals surface area contributed by atoms with Crippen LogP contribution in [0.15, 0.2) is 48.5 Å². The molecule has 0 atom stereocenters. The highest BCUT2D eigenvalue weighted by Crippen LogP contribution is 2.21. The molecule has 0 aromatic heterocycles. The van der Waals surface area contributed by atoms with Gasteiger partial charge in [-0.05, 0) is 31.2 Å². The van der Waals surface area contributed by atoms with Crippen LogP contribution in [0.25, 0.3) is 0 Å². The molecule has 1 amide bonds. The van der Waals surface area contributed by atoms with Crippen molar-refractivity contribution in [2.24, 2.45) is 0 Å². The summed E-state index contributed by atoms with van der Waals surface area (Å²) < 4.78 is 0. The van der Waals surface area contributed by atoms with Crippen molar-refractivity contribution in [3.8, 4) is 6.07 Å². The monoisotopic (exact) mass is 279 g/mol. The van der Waals surface area contributed by atoms with Gasteiger partial charge in [0.15, 0.2) is 0 Å². The second-order valence-electron chi connectivity index (χ2n) is 4.79. The molecule has 21 heavy (non-hydrogen) atoms. The second kappa shape index (κ2) is 6.58. The number of nitrogens with zero attached hydrogens (tertiary/aromatic N) is 2. The highest BCUT2D eigenvalue weighted by molar-refractivity contribution is 6.09. The molecule has 0 saturated carbocycles. The van der Waals surface area contributed by atoms with E-state index in [1.165, 1.54) is 0 Å². The summed E-state index contributed by atoms with van der Waals surface area (Å²) in [5.74, 6) is -0.183. The molecule has 2 aromatic rings. The molecule has 2 N–H and O–H groups in total. The fraction of sp³-hybridized carbons (Fsp3) is 0.176. The Hall–Kier alpha value is -2.80. The van der Waals surface area contributed by atoms with Gasteiger partial charge in [0, 0.05) is 17.9 Å². The molecule has 0 aliphatic heterocycles. The van der Waals surface area contributed by atoms with Crippen molar-refractivity contribution in [1.29, 1.82) is 5.26 Å². The molecule has 0 heterocycles. The first-order valence-corrected chi connectivity index (χ1v) is 6.73. The van der Waals surface area contributed by atoms with Crippen molar-refractivity contribution in [2.75, 3.05) is 17.2 Å². The van der Waals surface area contributed by atoms with Crippen molar-refractivity contribution in [1.82, 2.24) is 0 Å². The van der Waals surface area contributed by atoms with E-state index >= 15 is 0 Å². The molecule has 0 bridgehead atoms. The SMILES string of the molecule is Cc1ccc(N)c(C(=O)N(CCC#N)c2ccccc2)c1. The van der Waals surface area contributed by atoms with E-state index in [1.54, 1.807) is 17.0 Å². The molecule has 0 saturated heterocycles. The van der Waals surface area contributed by atoms with E-state index in [1.807, 2.05) is 43.3 Å². The van der Waals surface area contributed by atoms with Crippen LogP contribution in [-0.2, 0) is 0 Å². The Morgan fingerprint density at radius 1 is 1.24 bits per heavy atom. The van der Waals surface area contributed by atoms with E-state index in [0.717, 1.165) is 11.3 Å². The topological polar surface area (TPSA) is 70.1 Å². The van der Waals surface area contributed by atoms with E-state index in [2.05, 4.69) is 6.07 Å². The van der Waals surface area contributed by atoms with Crippen LogP contribution >= 0.6 is 0 Å². The van der Waals surface area contributed by atoms with Gasteiger partial charge in [0.1, 0.15) is 0 Å². The van der Waals surface area contributed by atoms with Crippen LogP contribution in [0.3, 0.4) is 0 Å². The average Bonchev–Trinajstić information content (AvgIpc) is 2.51. The normalized spacial score (nSPS) is 9.90. The zero-order valence-corrected chi connectivity index (χ0v) is 11.9. The second-order valence-corrected chi connectivity index (χ2v) is 4.79. The minimum Gasteiger partial charge on any atom is -0.398 e. The first-order valence-electron chi connectivity index (χ1n) is 6.73. The number of carbonyl (C=O) groups excluding carboxylic acids is 1. The van der Waals surface area contributed by atoms with Gasteiger partial charge in [-0.25, -0.2) is 0 Å². The number of amides is 1. The molecule has 2 aromatic carbocycles. The van der Waals surface area contributed by atoms with Crippen LogP contribution in [0.5, 0.6) is 0 Å². The van der Waals surface area contributed by atoms with Gasteiger partial charge in [0.2, 0.25) is 0 Å². The number of nitrogens with two attached hydrogens (primary N) is 1. The van der Waals surface area contributed by atoms with Gasteiger partial charge in [-0.15, -0.1) is 0 Å². The van der Waals surface area contributed by atoms with Gasteiger partial charge >= 0.3 is 0 Å². The summed E-state index contributed by atoms with van der Waals surface area (Å²) in [6, 6.07) is 16.8. The number of carbonyl (C=O) groups is 1. The number of anilines is 2. The highest BCUT2D eigenvalue weighted by Gasteiger charge is 2.19. The Morgan fingerprint density at radius 2 is 1.95 bits per heavy atom. The summed E-state index contributed by atoms with van der Waals surface area (Å²) in [6.45, 7) is 2.26. The van der Waals surface area contributed by atoms with Gasteiger partial charge in [0.05, 0.1) is 18.1 Å². The van der Waals surface area contributed by atoms with E-state index in [-0.39, 0.29) is 12.3 Å². The summed E-state index contributed by atoms with van der Waals surface area (Å²) in [7, 11) is 0. The fourth-order valence-corrected chi connectivity index (χ4v) is 2.12. The fourth-order valence-electron chi connectivity index (χ4n) is 2.12. The quantitative estimate of drug-likeness (QED) is 0.874. The van der Waals surface area contributed by atoms with Crippen molar-refractivity contribution >= 4 is 17.3 Å². The number of para-hydroxylation sites is 1. The molecular weight excluding hydrogens is 262 g/mol. The molecule has 0 fully saturated rings. The van der Waals surface area contributed by atoms with Gasteiger partial charge in [-0.2, -0.15) is 5.26 Å².